The van der Waals surface area contributed by atoms with Gasteiger partial charge in [-0.1, -0.05) is 12.1 Å². The summed E-state index contributed by atoms with van der Waals surface area (Å²) in [5.41, 5.74) is 2.01. The molecule has 1 heterocycles. The number of hydrogen-bond donors (Lipinski definition) is 0. The summed E-state index contributed by atoms with van der Waals surface area (Å²) in [6, 6.07) is 15.7. The number of carbonyl (C=O) groups excluding carboxylic acids is 1. The Hall–Kier alpha value is -2.80. The van der Waals surface area contributed by atoms with E-state index >= 15 is 0 Å². The van der Waals surface area contributed by atoms with E-state index in [0.717, 1.165) is 21.9 Å². The van der Waals surface area contributed by atoms with Gasteiger partial charge in [-0.15, -0.1) is 11.8 Å². The molecule has 1 amide bonds. The molecule has 140 valence electrons. The van der Waals surface area contributed by atoms with E-state index in [0.29, 0.717) is 5.75 Å². The van der Waals surface area contributed by atoms with Crippen LogP contribution < -0.4 is 4.74 Å². The van der Waals surface area contributed by atoms with Crippen molar-refractivity contribution in [1.29, 1.82) is 0 Å². The Morgan fingerprint density at radius 1 is 1.19 bits per heavy atom. The largest absolute Gasteiger partial charge is 0.497 e. The second-order valence-corrected chi connectivity index (χ2v) is 7.13. The maximum Gasteiger partial charge on any atom is 0.233 e. The lowest BCUT2D eigenvalue weighted by atomic mass is 10.1. The molecule has 0 aliphatic heterocycles. The van der Waals surface area contributed by atoms with Gasteiger partial charge in [-0.05, 0) is 48.9 Å². The number of ether oxygens (including phenoxy) is 1. The normalized spacial score (nSPS) is 11.8. The number of aromatic nitrogens is 3. The van der Waals surface area contributed by atoms with Crippen molar-refractivity contribution >= 4 is 17.7 Å². The average molecular weight is 382 g/mol. The van der Waals surface area contributed by atoms with Crippen LogP contribution in [0.4, 0.5) is 0 Å². The molecular formula is C20H22N4O2S. The van der Waals surface area contributed by atoms with Crippen LogP contribution in [0.5, 0.6) is 5.75 Å². The highest BCUT2D eigenvalue weighted by molar-refractivity contribution is 8.00. The fourth-order valence-electron chi connectivity index (χ4n) is 2.61. The Kier molecular flexibility index (Phi) is 6.13. The number of benzene rings is 2. The summed E-state index contributed by atoms with van der Waals surface area (Å²) in [5, 5.41) is 4.12. The maximum atomic E-state index is 12.6. The van der Waals surface area contributed by atoms with Crippen LogP contribution in [0.1, 0.15) is 18.5 Å². The fourth-order valence-corrected chi connectivity index (χ4v) is 3.43. The molecule has 0 saturated heterocycles. The van der Waals surface area contributed by atoms with Gasteiger partial charge in [0.1, 0.15) is 18.4 Å². The number of rotatable bonds is 7. The topological polar surface area (TPSA) is 60.2 Å². The van der Waals surface area contributed by atoms with E-state index in [1.54, 1.807) is 23.0 Å². The Labute approximate surface area is 163 Å². The molecule has 1 atom stereocenters. The summed E-state index contributed by atoms with van der Waals surface area (Å²) in [4.78, 5) is 19.3. The Bertz CT molecular complexity index is 864. The predicted molar refractivity (Wildman–Crippen MR) is 106 cm³/mol. The summed E-state index contributed by atoms with van der Waals surface area (Å²) in [6.07, 6.45) is 3.16. The number of carbonyl (C=O) groups is 1. The van der Waals surface area contributed by atoms with Crippen LogP contribution in [0.3, 0.4) is 0 Å². The number of methoxy groups -OCH3 is 1. The van der Waals surface area contributed by atoms with Crippen LogP contribution in [0.25, 0.3) is 5.69 Å². The van der Waals surface area contributed by atoms with Gasteiger partial charge in [-0.25, -0.2) is 9.67 Å². The van der Waals surface area contributed by atoms with E-state index in [9.17, 15) is 4.79 Å². The summed E-state index contributed by atoms with van der Waals surface area (Å²) in [7, 11) is 3.48. The van der Waals surface area contributed by atoms with Crippen molar-refractivity contribution in [3.63, 3.8) is 0 Å². The zero-order valence-corrected chi connectivity index (χ0v) is 16.4. The van der Waals surface area contributed by atoms with Crippen molar-refractivity contribution in [3.8, 4) is 11.4 Å². The molecule has 0 N–H and O–H groups in total. The molecule has 7 heteroatoms. The average Bonchev–Trinajstić information content (AvgIpc) is 3.26. The fraction of sp³-hybridized carbons (Fsp3) is 0.250. The van der Waals surface area contributed by atoms with Crippen molar-refractivity contribution in [3.05, 3.63) is 66.7 Å². The minimum absolute atomic E-state index is 0.0150. The van der Waals surface area contributed by atoms with E-state index in [2.05, 4.69) is 10.1 Å². The van der Waals surface area contributed by atoms with Crippen LogP contribution in [-0.4, -0.2) is 45.5 Å². The molecule has 0 bridgehead atoms. The first-order chi connectivity index (χ1) is 13.1. The summed E-state index contributed by atoms with van der Waals surface area (Å²) >= 11 is 1.52. The molecule has 0 aliphatic rings. The number of hydrogen-bond acceptors (Lipinski definition) is 5. The lowest BCUT2D eigenvalue weighted by Gasteiger charge is -2.25. The molecule has 2 aromatic carbocycles. The molecule has 6 nitrogen and oxygen atoms in total. The number of thioether (sulfide) groups is 1. The lowest BCUT2D eigenvalue weighted by Crippen LogP contribution is -2.31. The molecule has 3 rings (SSSR count). The number of amides is 1. The molecule has 0 spiro atoms. The molecule has 0 saturated carbocycles. The highest BCUT2D eigenvalue weighted by Gasteiger charge is 2.17. The van der Waals surface area contributed by atoms with Crippen LogP contribution in [-0.2, 0) is 4.79 Å². The van der Waals surface area contributed by atoms with Gasteiger partial charge in [0.2, 0.25) is 5.91 Å². The second kappa shape index (κ2) is 8.73. The van der Waals surface area contributed by atoms with Gasteiger partial charge in [0, 0.05) is 11.9 Å². The summed E-state index contributed by atoms with van der Waals surface area (Å²) < 4.78 is 6.86. The van der Waals surface area contributed by atoms with Crippen LogP contribution >= 0.6 is 11.8 Å². The third kappa shape index (κ3) is 4.68. The van der Waals surface area contributed by atoms with Crippen molar-refractivity contribution in [2.24, 2.45) is 0 Å². The van der Waals surface area contributed by atoms with E-state index in [-0.39, 0.29) is 11.9 Å². The molecule has 0 fully saturated rings. The van der Waals surface area contributed by atoms with Gasteiger partial charge < -0.3 is 9.64 Å². The SMILES string of the molecule is COc1ccc(SCC(=O)N(C)[C@@H](C)c2ccc(-n3cncn3)cc2)cc1. The molecule has 27 heavy (non-hydrogen) atoms. The third-order valence-corrected chi connectivity index (χ3v) is 5.45. The first kappa shape index (κ1) is 19.0. The number of nitrogens with zero attached hydrogens (tertiary/aromatic N) is 4. The molecule has 0 unspecified atom stereocenters. The molecule has 0 aliphatic carbocycles. The van der Waals surface area contributed by atoms with Gasteiger partial charge in [0.05, 0.1) is 24.6 Å². The monoisotopic (exact) mass is 382 g/mol. The minimum atomic E-state index is -0.0150. The maximum absolute atomic E-state index is 12.6. The van der Waals surface area contributed by atoms with Crippen molar-refractivity contribution < 1.29 is 9.53 Å². The highest BCUT2D eigenvalue weighted by Crippen LogP contribution is 2.24. The first-order valence-corrected chi connectivity index (χ1v) is 9.54. The van der Waals surface area contributed by atoms with E-state index < -0.39 is 0 Å². The molecule has 0 radical (unpaired) electrons. The predicted octanol–water partition coefficient (Wildman–Crippen LogP) is 3.59. The van der Waals surface area contributed by atoms with Gasteiger partial charge in [0.15, 0.2) is 0 Å². The smallest absolute Gasteiger partial charge is 0.233 e. The Morgan fingerprint density at radius 2 is 1.89 bits per heavy atom. The van der Waals surface area contributed by atoms with E-state index in [4.69, 9.17) is 4.74 Å². The lowest BCUT2D eigenvalue weighted by molar-refractivity contribution is -0.128. The van der Waals surface area contributed by atoms with E-state index in [1.165, 1.54) is 18.1 Å². The highest BCUT2D eigenvalue weighted by atomic mass is 32.2. The minimum Gasteiger partial charge on any atom is -0.497 e. The van der Waals surface area contributed by atoms with Crippen molar-refractivity contribution in [2.45, 2.75) is 17.9 Å². The van der Waals surface area contributed by atoms with Crippen LogP contribution in [0.2, 0.25) is 0 Å². The van der Waals surface area contributed by atoms with Crippen LogP contribution in [0, 0.1) is 0 Å². The van der Waals surface area contributed by atoms with Crippen molar-refractivity contribution in [1.82, 2.24) is 19.7 Å². The second-order valence-electron chi connectivity index (χ2n) is 6.08. The first-order valence-electron chi connectivity index (χ1n) is 8.56. The zero-order valence-electron chi connectivity index (χ0n) is 15.6. The Balaban J connectivity index is 1.58. The third-order valence-electron chi connectivity index (χ3n) is 4.45. The van der Waals surface area contributed by atoms with E-state index in [1.807, 2.05) is 62.5 Å². The van der Waals surface area contributed by atoms with Gasteiger partial charge in [-0.3, -0.25) is 4.79 Å². The van der Waals surface area contributed by atoms with Gasteiger partial charge in [0.25, 0.3) is 0 Å². The van der Waals surface area contributed by atoms with Gasteiger partial charge in [-0.2, -0.15) is 5.10 Å². The Morgan fingerprint density at radius 3 is 2.48 bits per heavy atom. The summed E-state index contributed by atoms with van der Waals surface area (Å²) in [5.74, 6) is 1.29. The summed E-state index contributed by atoms with van der Waals surface area (Å²) in [6.45, 7) is 2.03. The standard InChI is InChI=1S/C20H22N4O2S/c1-15(16-4-6-17(7-5-16)24-14-21-13-22-24)23(2)20(25)12-27-19-10-8-18(26-3)9-11-19/h4-11,13-15H,12H2,1-3H3/t15-/m0/s1. The molecular weight excluding hydrogens is 360 g/mol. The quantitative estimate of drug-likeness (QED) is 0.585. The van der Waals surface area contributed by atoms with Gasteiger partial charge >= 0.3 is 0 Å². The van der Waals surface area contributed by atoms with Crippen LogP contribution in [0.15, 0.2) is 66.1 Å². The molecule has 3 aromatic rings. The zero-order chi connectivity index (χ0) is 19.2. The molecule has 1 aromatic heterocycles. The van der Waals surface area contributed by atoms with Crippen molar-refractivity contribution in [2.75, 3.05) is 19.9 Å².